The quantitative estimate of drug-likeness (QED) is 0.628. The summed E-state index contributed by atoms with van der Waals surface area (Å²) in [6, 6.07) is 6.11. The molecule has 162 valence electrons. The van der Waals surface area contributed by atoms with Crippen LogP contribution in [0.25, 0.3) is 22.0 Å². The predicted octanol–water partition coefficient (Wildman–Crippen LogP) is 5.09. The SMILES string of the molecule is CN1CCC[C@@H](Nc2nnc(-c3ccc(C(F)(F)F)cc3C3CC3)c3ccncc23)C1. The van der Waals surface area contributed by atoms with Gasteiger partial charge in [-0.1, -0.05) is 6.07 Å². The lowest BCUT2D eigenvalue weighted by atomic mass is 9.95. The maximum atomic E-state index is 13.3. The van der Waals surface area contributed by atoms with Crippen LogP contribution in [-0.4, -0.2) is 46.3 Å². The summed E-state index contributed by atoms with van der Waals surface area (Å²) < 4.78 is 39.9. The Kier molecular flexibility index (Phi) is 5.04. The molecule has 8 heteroatoms. The van der Waals surface area contributed by atoms with Crippen molar-refractivity contribution >= 4 is 16.6 Å². The van der Waals surface area contributed by atoms with Gasteiger partial charge in [0.2, 0.25) is 0 Å². The second kappa shape index (κ2) is 7.75. The Morgan fingerprint density at radius 3 is 2.65 bits per heavy atom. The Labute approximate surface area is 178 Å². The zero-order chi connectivity index (χ0) is 21.6. The molecule has 0 bridgehead atoms. The van der Waals surface area contributed by atoms with Gasteiger partial charge < -0.3 is 10.2 Å². The smallest absolute Gasteiger partial charge is 0.364 e. The number of alkyl halides is 3. The molecule has 3 aromatic rings. The molecule has 1 saturated heterocycles. The van der Waals surface area contributed by atoms with Crippen LogP contribution < -0.4 is 5.32 Å². The normalized spacial score (nSPS) is 20.2. The number of pyridine rings is 1. The average molecular weight is 427 g/mol. The van der Waals surface area contributed by atoms with Crippen molar-refractivity contribution in [1.82, 2.24) is 20.1 Å². The molecule has 2 aromatic heterocycles. The van der Waals surface area contributed by atoms with Crippen molar-refractivity contribution in [3.63, 3.8) is 0 Å². The highest BCUT2D eigenvalue weighted by atomic mass is 19.4. The molecule has 1 atom stereocenters. The molecule has 5 nitrogen and oxygen atoms in total. The summed E-state index contributed by atoms with van der Waals surface area (Å²) in [5.41, 5.74) is 1.43. The van der Waals surface area contributed by atoms with Crippen LogP contribution in [0.2, 0.25) is 0 Å². The first kappa shape index (κ1) is 20.2. The van der Waals surface area contributed by atoms with Crippen molar-refractivity contribution < 1.29 is 13.2 Å². The molecular weight excluding hydrogens is 403 g/mol. The highest BCUT2D eigenvalue weighted by molar-refractivity contribution is 6.00. The van der Waals surface area contributed by atoms with Crippen LogP contribution in [0.15, 0.2) is 36.7 Å². The summed E-state index contributed by atoms with van der Waals surface area (Å²) in [6.45, 7) is 2.01. The minimum atomic E-state index is -4.36. The maximum absolute atomic E-state index is 13.3. The van der Waals surface area contributed by atoms with E-state index in [1.165, 1.54) is 6.07 Å². The minimum Gasteiger partial charge on any atom is -0.364 e. The molecule has 31 heavy (non-hydrogen) atoms. The molecule has 1 aliphatic heterocycles. The second-order valence-electron chi connectivity index (χ2n) is 8.64. The van der Waals surface area contributed by atoms with Gasteiger partial charge in [-0.05, 0) is 69.0 Å². The van der Waals surface area contributed by atoms with E-state index in [1.54, 1.807) is 18.5 Å². The lowest BCUT2D eigenvalue weighted by Gasteiger charge is -2.30. The van der Waals surface area contributed by atoms with Gasteiger partial charge in [-0.3, -0.25) is 4.98 Å². The number of rotatable bonds is 4. The molecule has 1 N–H and O–H groups in total. The molecule has 1 aromatic carbocycles. The monoisotopic (exact) mass is 427 g/mol. The summed E-state index contributed by atoms with van der Waals surface area (Å²) in [7, 11) is 2.10. The van der Waals surface area contributed by atoms with Gasteiger partial charge in [0.25, 0.3) is 0 Å². The summed E-state index contributed by atoms with van der Waals surface area (Å²) >= 11 is 0. The number of benzene rings is 1. The zero-order valence-corrected chi connectivity index (χ0v) is 17.3. The number of piperidine rings is 1. The summed E-state index contributed by atoms with van der Waals surface area (Å²) in [5.74, 6) is 0.818. The third kappa shape index (κ3) is 4.08. The van der Waals surface area contributed by atoms with Crippen molar-refractivity contribution in [2.24, 2.45) is 0 Å². The number of likely N-dealkylation sites (tertiary alicyclic amines) is 1. The van der Waals surface area contributed by atoms with Gasteiger partial charge in [-0.2, -0.15) is 13.2 Å². The van der Waals surface area contributed by atoms with Crippen LogP contribution in [0.5, 0.6) is 0 Å². The number of fused-ring (bicyclic) bond motifs is 1. The van der Waals surface area contributed by atoms with E-state index in [4.69, 9.17) is 0 Å². The highest BCUT2D eigenvalue weighted by Gasteiger charge is 2.34. The third-order valence-electron chi connectivity index (χ3n) is 6.20. The number of hydrogen-bond donors (Lipinski definition) is 1. The van der Waals surface area contributed by atoms with Crippen LogP contribution in [0.3, 0.4) is 0 Å². The van der Waals surface area contributed by atoms with Crippen molar-refractivity contribution in [1.29, 1.82) is 0 Å². The lowest BCUT2D eigenvalue weighted by molar-refractivity contribution is -0.137. The topological polar surface area (TPSA) is 53.9 Å². The Hall–Kier alpha value is -2.74. The summed E-state index contributed by atoms with van der Waals surface area (Å²) in [4.78, 5) is 6.55. The van der Waals surface area contributed by atoms with E-state index in [-0.39, 0.29) is 12.0 Å². The Balaban J connectivity index is 1.57. The summed E-state index contributed by atoms with van der Waals surface area (Å²) in [6.07, 6.45) is 3.05. The van der Waals surface area contributed by atoms with Crippen LogP contribution in [0.4, 0.5) is 19.0 Å². The molecule has 3 heterocycles. The molecular formula is C23H24F3N5. The predicted molar refractivity (Wildman–Crippen MR) is 114 cm³/mol. The van der Waals surface area contributed by atoms with Gasteiger partial charge in [0.15, 0.2) is 5.82 Å². The van der Waals surface area contributed by atoms with Crippen molar-refractivity contribution in [2.75, 3.05) is 25.5 Å². The van der Waals surface area contributed by atoms with E-state index in [0.717, 1.165) is 61.2 Å². The van der Waals surface area contributed by atoms with Crippen LogP contribution in [-0.2, 0) is 6.18 Å². The van der Waals surface area contributed by atoms with Crippen LogP contribution in [0.1, 0.15) is 42.7 Å². The molecule has 0 amide bonds. The van der Waals surface area contributed by atoms with Gasteiger partial charge in [0.05, 0.1) is 5.56 Å². The number of nitrogens with one attached hydrogen (secondary N) is 1. The second-order valence-corrected chi connectivity index (χ2v) is 8.64. The summed E-state index contributed by atoms with van der Waals surface area (Å²) in [5, 5.41) is 14.1. The van der Waals surface area contributed by atoms with Gasteiger partial charge in [0.1, 0.15) is 5.69 Å². The molecule has 2 aliphatic rings. The van der Waals surface area contributed by atoms with E-state index in [0.29, 0.717) is 17.1 Å². The van der Waals surface area contributed by atoms with Crippen molar-refractivity contribution in [2.45, 2.75) is 43.8 Å². The standard InChI is InChI=1S/C23H24F3N5/c1-31-10-2-3-16(13-31)28-22-20-12-27-9-8-18(20)21(29-30-22)17-7-6-15(23(24,25)26)11-19(17)14-4-5-14/h6-9,11-12,14,16H,2-5,10,13H2,1H3,(H,28,30)/t16-/m1/s1. The van der Waals surface area contributed by atoms with Crippen molar-refractivity contribution in [3.8, 4) is 11.3 Å². The number of anilines is 1. The maximum Gasteiger partial charge on any atom is 0.416 e. The van der Waals surface area contributed by atoms with Gasteiger partial charge in [-0.25, -0.2) is 0 Å². The molecule has 0 spiro atoms. The fraction of sp³-hybridized carbons (Fsp3) is 0.435. The van der Waals surface area contributed by atoms with E-state index < -0.39 is 11.7 Å². The van der Waals surface area contributed by atoms with Crippen molar-refractivity contribution in [3.05, 3.63) is 47.8 Å². The lowest BCUT2D eigenvalue weighted by Crippen LogP contribution is -2.40. The largest absolute Gasteiger partial charge is 0.416 e. The van der Waals surface area contributed by atoms with Gasteiger partial charge >= 0.3 is 6.18 Å². The third-order valence-corrected chi connectivity index (χ3v) is 6.20. The first-order chi connectivity index (χ1) is 14.9. The first-order valence-corrected chi connectivity index (χ1v) is 10.7. The van der Waals surface area contributed by atoms with E-state index in [9.17, 15) is 13.2 Å². The van der Waals surface area contributed by atoms with Gasteiger partial charge in [0, 0.05) is 41.3 Å². The van der Waals surface area contributed by atoms with E-state index in [1.807, 2.05) is 6.07 Å². The van der Waals surface area contributed by atoms with Gasteiger partial charge in [-0.15, -0.1) is 10.2 Å². The Morgan fingerprint density at radius 2 is 1.90 bits per heavy atom. The number of aromatic nitrogens is 3. The van der Waals surface area contributed by atoms with E-state index in [2.05, 4.69) is 32.4 Å². The number of halogens is 3. The average Bonchev–Trinajstić information content (AvgIpc) is 3.58. The molecule has 2 fully saturated rings. The number of likely N-dealkylation sites (N-methyl/N-ethyl adjacent to an activating group) is 1. The number of hydrogen-bond acceptors (Lipinski definition) is 5. The minimum absolute atomic E-state index is 0.145. The fourth-order valence-electron chi connectivity index (χ4n) is 4.47. The molecule has 0 unspecified atom stereocenters. The fourth-order valence-corrected chi connectivity index (χ4v) is 4.47. The molecule has 1 saturated carbocycles. The molecule has 1 aliphatic carbocycles. The Bertz CT molecular complexity index is 1110. The molecule has 0 radical (unpaired) electrons. The van der Waals surface area contributed by atoms with E-state index >= 15 is 0 Å². The highest BCUT2D eigenvalue weighted by Crippen LogP contribution is 2.47. The Morgan fingerprint density at radius 1 is 1.06 bits per heavy atom. The van der Waals surface area contributed by atoms with Crippen LogP contribution in [0, 0.1) is 0 Å². The number of nitrogens with zero attached hydrogens (tertiary/aromatic N) is 4. The zero-order valence-electron chi connectivity index (χ0n) is 17.3. The van der Waals surface area contributed by atoms with Crippen LogP contribution >= 0.6 is 0 Å². The first-order valence-electron chi connectivity index (χ1n) is 10.7. The molecule has 5 rings (SSSR count).